The average molecular weight is 385 g/mol. The van der Waals surface area contributed by atoms with Crippen molar-refractivity contribution in [3.05, 3.63) is 88.5 Å². The number of nitrogens with one attached hydrogen (secondary N) is 2. The smallest absolute Gasteiger partial charge is 0.268 e. The second kappa shape index (κ2) is 8.84. The minimum Gasteiger partial charge on any atom is -0.347 e. The summed E-state index contributed by atoms with van der Waals surface area (Å²) < 4.78 is 0.878. The summed E-state index contributed by atoms with van der Waals surface area (Å²) in [6.45, 7) is 3.89. The predicted molar refractivity (Wildman–Crippen MR) is 99.2 cm³/mol. The van der Waals surface area contributed by atoms with Gasteiger partial charge in [-0.3, -0.25) is 9.59 Å². The maximum absolute atomic E-state index is 12.4. The van der Waals surface area contributed by atoms with Crippen molar-refractivity contribution in [2.45, 2.75) is 0 Å². The van der Waals surface area contributed by atoms with Crippen molar-refractivity contribution in [2.24, 2.45) is 0 Å². The summed E-state index contributed by atoms with van der Waals surface area (Å²) in [5.41, 5.74) is 1.46. The van der Waals surface area contributed by atoms with Crippen molar-refractivity contribution >= 4 is 33.8 Å². The molecule has 0 unspecified atom stereocenters. The molecule has 2 rings (SSSR count). The Balaban J connectivity index is 2.23. The lowest BCUT2D eigenvalue weighted by Crippen LogP contribution is -2.34. The molecule has 0 saturated heterocycles. The van der Waals surface area contributed by atoms with Crippen molar-refractivity contribution in [2.75, 3.05) is 6.54 Å². The Morgan fingerprint density at radius 2 is 1.71 bits per heavy atom. The molecule has 24 heavy (non-hydrogen) atoms. The van der Waals surface area contributed by atoms with Crippen LogP contribution >= 0.6 is 15.9 Å². The second-order valence-electron chi connectivity index (χ2n) is 4.93. The molecule has 122 valence electrons. The quantitative estimate of drug-likeness (QED) is 0.591. The highest BCUT2D eigenvalue weighted by Gasteiger charge is 2.14. The van der Waals surface area contributed by atoms with Crippen LogP contribution < -0.4 is 10.6 Å². The summed E-state index contributed by atoms with van der Waals surface area (Å²) >= 11 is 3.32. The average Bonchev–Trinajstić information content (AvgIpc) is 2.60. The number of hydrogen-bond donors (Lipinski definition) is 2. The Morgan fingerprint density at radius 1 is 1.04 bits per heavy atom. The molecular formula is C19H17BrN2O2. The van der Waals surface area contributed by atoms with Gasteiger partial charge in [0.25, 0.3) is 11.8 Å². The van der Waals surface area contributed by atoms with Crippen molar-refractivity contribution in [3.8, 4) is 0 Å². The fourth-order valence-electron chi connectivity index (χ4n) is 1.93. The highest BCUT2D eigenvalue weighted by Crippen LogP contribution is 2.11. The van der Waals surface area contributed by atoms with Crippen molar-refractivity contribution < 1.29 is 9.59 Å². The van der Waals surface area contributed by atoms with Crippen LogP contribution in [0.25, 0.3) is 6.08 Å². The molecule has 0 aliphatic carbocycles. The molecule has 0 atom stereocenters. The fourth-order valence-corrected chi connectivity index (χ4v) is 2.19. The fraction of sp³-hybridized carbons (Fsp3) is 0.0526. The zero-order valence-corrected chi connectivity index (χ0v) is 14.5. The van der Waals surface area contributed by atoms with Crippen LogP contribution in [-0.4, -0.2) is 18.4 Å². The van der Waals surface area contributed by atoms with E-state index in [-0.39, 0.29) is 17.5 Å². The SMILES string of the molecule is C=CCNC(=O)C(=Cc1ccccc1)NC(=O)c1ccc(Br)cc1. The molecule has 0 bridgehead atoms. The number of amides is 2. The van der Waals surface area contributed by atoms with Crippen LogP contribution in [0.2, 0.25) is 0 Å². The maximum Gasteiger partial charge on any atom is 0.268 e. The van der Waals surface area contributed by atoms with E-state index in [1.807, 2.05) is 30.3 Å². The second-order valence-corrected chi connectivity index (χ2v) is 5.84. The minimum absolute atomic E-state index is 0.177. The van der Waals surface area contributed by atoms with E-state index in [4.69, 9.17) is 0 Å². The number of hydrogen-bond acceptors (Lipinski definition) is 2. The van der Waals surface area contributed by atoms with Gasteiger partial charge in [-0.1, -0.05) is 52.3 Å². The summed E-state index contributed by atoms with van der Waals surface area (Å²) in [7, 11) is 0. The summed E-state index contributed by atoms with van der Waals surface area (Å²) in [5, 5.41) is 5.34. The molecule has 5 heteroatoms. The third-order valence-electron chi connectivity index (χ3n) is 3.12. The Labute approximate surface area is 149 Å². The molecule has 2 N–H and O–H groups in total. The number of carbonyl (C=O) groups is 2. The molecule has 0 fully saturated rings. The molecule has 0 aliphatic rings. The van der Waals surface area contributed by atoms with Gasteiger partial charge in [0.1, 0.15) is 5.70 Å². The number of carbonyl (C=O) groups excluding carboxylic acids is 2. The predicted octanol–water partition coefficient (Wildman–Crippen LogP) is 3.52. The Morgan fingerprint density at radius 3 is 2.33 bits per heavy atom. The van der Waals surface area contributed by atoms with E-state index in [1.165, 1.54) is 0 Å². The van der Waals surface area contributed by atoms with Gasteiger partial charge in [0.2, 0.25) is 0 Å². The largest absolute Gasteiger partial charge is 0.347 e. The normalized spacial score (nSPS) is 10.8. The summed E-state index contributed by atoms with van der Waals surface area (Å²) in [6, 6.07) is 16.2. The number of rotatable bonds is 6. The van der Waals surface area contributed by atoms with Gasteiger partial charge in [-0.2, -0.15) is 0 Å². The van der Waals surface area contributed by atoms with E-state index < -0.39 is 0 Å². The molecule has 0 aromatic heterocycles. The van der Waals surface area contributed by atoms with Gasteiger partial charge >= 0.3 is 0 Å². The first kappa shape index (κ1) is 17.7. The lowest BCUT2D eigenvalue weighted by Gasteiger charge is -2.10. The summed E-state index contributed by atoms with van der Waals surface area (Å²) in [4.78, 5) is 24.6. The van der Waals surface area contributed by atoms with Crippen LogP contribution in [0, 0.1) is 0 Å². The third-order valence-corrected chi connectivity index (χ3v) is 3.65. The Bertz CT molecular complexity index is 753. The van der Waals surface area contributed by atoms with Crippen LogP contribution in [0.3, 0.4) is 0 Å². The van der Waals surface area contributed by atoms with E-state index in [9.17, 15) is 9.59 Å². The molecular weight excluding hydrogens is 368 g/mol. The zero-order chi connectivity index (χ0) is 17.4. The molecule has 2 amide bonds. The van der Waals surface area contributed by atoms with E-state index >= 15 is 0 Å². The van der Waals surface area contributed by atoms with E-state index in [1.54, 1.807) is 36.4 Å². The third kappa shape index (κ3) is 5.21. The molecule has 0 saturated carbocycles. The monoisotopic (exact) mass is 384 g/mol. The van der Waals surface area contributed by atoms with Gasteiger partial charge in [0, 0.05) is 16.6 Å². The molecule has 2 aromatic rings. The number of benzene rings is 2. The molecule has 0 heterocycles. The van der Waals surface area contributed by atoms with Crippen molar-refractivity contribution in [1.82, 2.24) is 10.6 Å². The molecule has 0 radical (unpaired) electrons. The van der Waals surface area contributed by atoms with E-state index in [0.717, 1.165) is 10.0 Å². The van der Waals surface area contributed by atoms with Gasteiger partial charge in [-0.15, -0.1) is 6.58 Å². The lowest BCUT2D eigenvalue weighted by atomic mass is 10.1. The first-order chi connectivity index (χ1) is 11.6. The maximum atomic E-state index is 12.4. The highest BCUT2D eigenvalue weighted by molar-refractivity contribution is 9.10. The van der Waals surface area contributed by atoms with E-state index in [0.29, 0.717) is 12.1 Å². The molecule has 0 aliphatic heterocycles. The van der Waals surface area contributed by atoms with Crippen LogP contribution in [-0.2, 0) is 4.79 Å². The van der Waals surface area contributed by atoms with Crippen LogP contribution in [0.15, 0.2) is 77.4 Å². The first-order valence-corrected chi connectivity index (χ1v) is 8.12. The van der Waals surface area contributed by atoms with Crippen molar-refractivity contribution in [1.29, 1.82) is 0 Å². The van der Waals surface area contributed by atoms with Crippen LogP contribution in [0.1, 0.15) is 15.9 Å². The minimum atomic E-state index is -0.371. The summed E-state index contributed by atoms with van der Waals surface area (Å²) in [6.07, 6.45) is 3.21. The van der Waals surface area contributed by atoms with Gasteiger partial charge < -0.3 is 10.6 Å². The molecule has 0 spiro atoms. The van der Waals surface area contributed by atoms with E-state index in [2.05, 4.69) is 33.1 Å². The number of halogens is 1. The molecule has 2 aromatic carbocycles. The standard InChI is InChI=1S/C19H17BrN2O2/c1-2-12-21-19(24)17(13-14-6-4-3-5-7-14)22-18(23)15-8-10-16(20)11-9-15/h2-11,13H,1,12H2,(H,21,24)(H,22,23). The highest BCUT2D eigenvalue weighted by atomic mass is 79.9. The van der Waals surface area contributed by atoms with Gasteiger partial charge in [-0.05, 0) is 35.9 Å². The Kier molecular flexibility index (Phi) is 6.51. The molecule has 4 nitrogen and oxygen atoms in total. The van der Waals surface area contributed by atoms with Crippen LogP contribution in [0.5, 0.6) is 0 Å². The zero-order valence-electron chi connectivity index (χ0n) is 13.0. The topological polar surface area (TPSA) is 58.2 Å². The van der Waals surface area contributed by atoms with Gasteiger partial charge in [-0.25, -0.2) is 0 Å². The van der Waals surface area contributed by atoms with Crippen molar-refractivity contribution in [3.63, 3.8) is 0 Å². The van der Waals surface area contributed by atoms with Gasteiger partial charge in [0.15, 0.2) is 0 Å². The van der Waals surface area contributed by atoms with Crippen LogP contribution in [0.4, 0.5) is 0 Å². The van der Waals surface area contributed by atoms with Gasteiger partial charge in [0.05, 0.1) is 0 Å². The Hall–Kier alpha value is -2.66. The lowest BCUT2D eigenvalue weighted by molar-refractivity contribution is -0.117. The first-order valence-electron chi connectivity index (χ1n) is 7.33. The summed E-state index contributed by atoms with van der Waals surface area (Å²) in [5.74, 6) is -0.720.